The second kappa shape index (κ2) is 8.16. The van der Waals surface area contributed by atoms with Crippen LogP contribution in [0.4, 0.5) is 17.2 Å². The molecule has 0 unspecified atom stereocenters. The van der Waals surface area contributed by atoms with E-state index in [-0.39, 0.29) is 5.91 Å². The van der Waals surface area contributed by atoms with Crippen molar-refractivity contribution in [2.45, 2.75) is 20.8 Å². The maximum atomic E-state index is 12.3. The molecule has 2 aromatic heterocycles. The molecule has 0 aliphatic carbocycles. The van der Waals surface area contributed by atoms with Gasteiger partial charge in [0.2, 0.25) is 0 Å². The van der Waals surface area contributed by atoms with Gasteiger partial charge in [-0.3, -0.25) is 4.79 Å². The third-order valence-corrected chi connectivity index (χ3v) is 4.61. The zero-order valence-corrected chi connectivity index (χ0v) is 17.0. The Morgan fingerprint density at radius 3 is 2.13 bits per heavy atom. The fourth-order valence-electron chi connectivity index (χ4n) is 3.06. The van der Waals surface area contributed by atoms with Crippen molar-refractivity contribution >= 4 is 23.1 Å². The van der Waals surface area contributed by atoms with Gasteiger partial charge in [0, 0.05) is 22.6 Å². The van der Waals surface area contributed by atoms with Crippen molar-refractivity contribution in [1.82, 2.24) is 20.0 Å². The van der Waals surface area contributed by atoms with Gasteiger partial charge in [-0.15, -0.1) is 10.2 Å². The summed E-state index contributed by atoms with van der Waals surface area (Å²) in [6, 6.07) is 20.6. The summed E-state index contributed by atoms with van der Waals surface area (Å²) in [6.45, 7) is 5.91. The zero-order valence-electron chi connectivity index (χ0n) is 17.0. The molecule has 4 rings (SSSR count). The lowest BCUT2D eigenvalue weighted by atomic mass is 10.1. The highest BCUT2D eigenvalue weighted by Gasteiger charge is 2.07. The van der Waals surface area contributed by atoms with E-state index in [1.165, 1.54) is 0 Å². The van der Waals surface area contributed by atoms with Crippen molar-refractivity contribution < 1.29 is 4.79 Å². The predicted octanol–water partition coefficient (Wildman–Crippen LogP) is 4.58. The Morgan fingerprint density at radius 1 is 0.833 bits per heavy atom. The summed E-state index contributed by atoms with van der Waals surface area (Å²) in [5.41, 5.74) is 5.25. The molecule has 7 heteroatoms. The molecule has 0 spiro atoms. The van der Waals surface area contributed by atoms with E-state index in [4.69, 9.17) is 0 Å². The van der Waals surface area contributed by atoms with Crippen LogP contribution in [0.3, 0.4) is 0 Å². The summed E-state index contributed by atoms with van der Waals surface area (Å²) < 4.78 is 1.76. The molecule has 0 saturated heterocycles. The number of aryl methyl sites for hydroxylation is 3. The van der Waals surface area contributed by atoms with E-state index in [1.54, 1.807) is 4.68 Å². The quantitative estimate of drug-likeness (QED) is 0.514. The summed E-state index contributed by atoms with van der Waals surface area (Å²) in [5, 5.41) is 19.0. The summed E-state index contributed by atoms with van der Waals surface area (Å²) in [5.74, 6) is 1.15. The highest BCUT2D eigenvalue weighted by molar-refractivity contribution is 6.04. The number of rotatable bonds is 5. The molecular weight excluding hydrogens is 376 g/mol. The fraction of sp³-hybridized carbons (Fsp3) is 0.130. The molecule has 0 fully saturated rings. The first-order chi connectivity index (χ1) is 14.5. The fourth-order valence-corrected chi connectivity index (χ4v) is 3.06. The Kier molecular flexibility index (Phi) is 5.26. The van der Waals surface area contributed by atoms with E-state index in [1.807, 2.05) is 87.5 Å². The average molecular weight is 398 g/mol. The summed E-state index contributed by atoms with van der Waals surface area (Å²) in [6.07, 6.45) is 0. The Morgan fingerprint density at radius 2 is 1.53 bits per heavy atom. The molecule has 0 bridgehead atoms. The lowest BCUT2D eigenvalue weighted by Gasteiger charge is -2.09. The Bertz CT molecular complexity index is 1160. The van der Waals surface area contributed by atoms with E-state index in [9.17, 15) is 4.79 Å². The van der Waals surface area contributed by atoms with E-state index >= 15 is 0 Å². The van der Waals surface area contributed by atoms with Gasteiger partial charge >= 0.3 is 0 Å². The molecule has 1 amide bonds. The first kappa shape index (κ1) is 19.3. The zero-order chi connectivity index (χ0) is 21.1. The van der Waals surface area contributed by atoms with Crippen LogP contribution in [-0.2, 0) is 0 Å². The molecule has 0 saturated carbocycles. The van der Waals surface area contributed by atoms with Crippen LogP contribution < -0.4 is 10.6 Å². The smallest absolute Gasteiger partial charge is 0.255 e. The van der Waals surface area contributed by atoms with E-state index < -0.39 is 0 Å². The molecule has 150 valence electrons. The van der Waals surface area contributed by atoms with E-state index in [0.717, 1.165) is 28.3 Å². The van der Waals surface area contributed by atoms with Gasteiger partial charge in [-0.1, -0.05) is 17.7 Å². The molecule has 0 aliphatic heterocycles. The topological polar surface area (TPSA) is 84.7 Å². The second-order valence-corrected chi connectivity index (χ2v) is 7.14. The van der Waals surface area contributed by atoms with Gasteiger partial charge in [0.05, 0.1) is 5.69 Å². The molecule has 0 aliphatic rings. The van der Waals surface area contributed by atoms with Gasteiger partial charge < -0.3 is 10.6 Å². The third kappa shape index (κ3) is 4.35. The minimum Gasteiger partial charge on any atom is -0.339 e. The van der Waals surface area contributed by atoms with Gasteiger partial charge in [0.1, 0.15) is 0 Å². The normalized spacial score (nSPS) is 10.6. The van der Waals surface area contributed by atoms with Crippen molar-refractivity contribution in [3.63, 3.8) is 0 Å². The number of aromatic nitrogens is 4. The number of amides is 1. The van der Waals surface area contributed by atoms with Crippen LogP contribution in [0.2, 0.25) is 0 Å². The number of hydrogen-bond donors (Lipinski definition) is 2. The number of nitrogens with zero attached hydrogens (tertiary/aromatic N) is 4. The monoisotopic (exact) mass is 398 g/mol. The molecule has 0 radical (unpaired) electrons. The molecule has 2 aromatic carbocycles. The standard InChI is InChI=1S/C23H22N6O/c1-15-4-6-18(7-5-15)23(30)25-20-10-8-19(9-11-20)24-21-12-13-22(27-26-21)29-17(3)14-16(2)28-29/h4-14H,1-3H3,(H,24,26)(H,25,30). The van der Waals surface area contributed by atoms with Crippen LogP contribution in [0.1, 0.15) is 27.3 Å². The van der Waals surface area contributed by atoms with Crippen molar-refractivity contribution in [2.75, 3.05) is 10.6 Å². The second-order valence-electron chi connectivity index (χ2n) is 7.14. The first-order valence-electron chi connectivity index (χ1n) is 9.60. The molecule has 7 nitrogen and oxygen atoms in total. The maximum absolute atomic E-state index is 12.3. The van der Waals surface area contributed by atoms with Crippen LogP contribution in [-0.4, -0.2) is 25.9 Å². The van der Waals surface area contributed by atoms with Gasteiger partial charge in [-0.05, 0) is 75.4 Å². The third-order valence-electron chi connectivity index (χ3n) is 4.61. The van der Waals surface area contributed by atoms with Crippen LogP contribution >= 0.6 is 0 Å². The van der Waals surface area contributed by atoms with Crippen LogP contribution in [0.15, 0.2) is 66.7 Å². The van der Waals surface area contributed by atoms with Crippen molar-refractivity contribution in [3.05, 3.63) is 89.2 Å². The van der Waals surface area contributed by atoms with Gasteiger partial charge in [0.25, 0.3) is 5.91 Å². The van der Waals surface area contributed by atoms with Crippen LogP contribution in [0, 0.1) is 20.8 Å². The molecule has 30 heavy (non-hydrogen) atoms. The van der Waals surface area contributed by atoms with Crippen molar-refractivity contribution in [3.8, 4) is 5.82 Å². The Balaban J connectivity index is 1.40. The Hall–Kier alpha value is -4.00. The summed E-state index contributed by atoms with van der Waals surface area (Å²) >= 11 is 0. The largest absolute Gasteiger partial charge is 0.339 e. The molecule has 2 N–H and O–H groups in total. The number of benzene rings is 2. The molecule has 0 atom stereocenters. The highest BCUT2D eigenvalue weighted by Crippen LogP contribution is 2.19. The lowest BCUT2D eigenvalue weighted by molar-refractivity contribution is 0.102. The van der Waals surface area contributed by atoms with E-state index in [0.29, 0.717) is 17.2 Å². The number of carbonyl (C=O) groups is 1. The highest BCUT2D eigenvalue weighted by atomic mass is 16.1. The van der Waals surface area contributed by atoms with Crippen molar-refractivity contribution in [2.24, 2.45) is 0 Å². The molecule has 4 aromatic rings. The predicted molar refractivity (Wildman–Crippen MR) is 117 cm³/mol. The van der Waals surface area contributed by atoms with E-state index in [2.05, 4.69) is 25.9 Å². The first-order valence-corrected chi connectivity index (χ1v) is 9.60. The SMILES string of the molecule is Cc1ccc(C(=O)Nc2ccc(Nc3ccc(-n4nc(C)cc4C)nn3)cc2)cc1. The minimum atomic E-state index is -0.138. The molecular formula is C23H22N6O. The lowest BCUT2D eigenvalue weighted by Crippen LogP contribution is -2.11. The van der Waals surface area contributed by atoms with Gasteiger partial charge in [-0.2, -0.15) is 5.10 Å². The average Bonchev–Trinajstić information content (AvgIpc) is 3.08. The maximum Gasteiger partial charge on any atom is 0.255 e. The van der Waals surface area contributed by atoms with Gasteiger partial charge in [0.15, 0.2) is 11.6 Å². The van der Waals surface area contributed by atoms with Crippen LogP contribution in [0.5, 0.6) is 0 Å². The Labute approximate surface area is 174 Å². The number of hydrogen-bond acceptors (Lipinski definition) is 5. The van der Waals surface area contributed by atoms with Crippen LogP contribution in [0.25, 0.3) is 5.82 Å². The minimum absolute atomic E-state index is 0.138. The molecule has 2 heterocycles. The number of carbonyl (C=O) groups excluding carboxylic acids is 1. The van der Waals surface area contributed by atoms with Gasteiger partial charge in [-0.25, -0.2) is 4.68 Å². The summed E-state index contributed by atoms with van der Waals surface area (Å²) in [7, 11) is 0. The number of nitrogens with one attached hydrogen (secondary N) is 2. The number of anilines is 3. The summed E-state index contributed by atoms with van der Waals surface area (Å²) in [4.78, 5) is 12.3. The van der Waals surface area contributed by atoms with Crippen molar-refractivity contribution in [1.29, 1.82) is 0 Å².